The maximum absolute atomic E-state index is 15.6. The Morgan fingerprint density at radius 3 is 2.31 bits per heavy atom. The Morgan fingerprint density at radius 1 is 1.03 bits per heavy atom. The Balaban J connectivity index is 1.41. The lowest BCUT2D eigenvalue weighted by molar-refractivity contribution is 0.120. The zero-order chi connectivity index (χ0) is 22.9. The van der Waals surface area contributed by atoms with Gasteiger partial charge in [-0.25, -0.2) is 21.6 Å². The minimum Gasteiger partial charge on any atom is -0.303 e. The van der Waals surface area contributed by atoms with Gasteiger partial charge in [-0.1, -0.05) is 18.2 Å². The zero-order valence-corrected chi connectivity index (χ0v) is 18.5. The summed E-state index contributed by atoms with van der Waals surface area (Å²) in [5.41, 5.74) is 2.00. The van der Waals surface area contributed by atoms with Crippen LogP contribution in [-0.4, -0.2) is 47.7 Å². The van der Waals surface area contributed by atoms with E-state index in [4.69, 9.17) is 0 Å². The number of benzene rings is 2. The number of sulfone groups is 1. The van der Waals surface area contributed by atoms with Gasteiger partial charge in [-0.2, -0.15) is 5.10 Å². The number of aromatic nitrogens is 2. The van der Waals surface area contributed by atoms with Crippen LogP contribution in [-0.2, 0) is 23.3 Å². The lowest BCUT2D eigenvalue weighted by atomic mass is 10.1. The van der Waals surface area contributed by atoms with Crippen molar-refractivity contribution in [2.45, 2.75) is 29.2 Å². The van der Waals surface area contributed by atoms with E-state index in [0.29, 0.717) is 18.5 Å². The first-order chi connectivity index (χ1) is 15.2. The van der Waals surface area contributed by atoms with Crippen LogP contribution in [0.25, 0.3) is 11.3 Å². The Labute approximate surface area is 185 Å². The molecule has 0 spiro atoms. The van der Waals surface area contributed by atoms with Gasteiger partial charge in [0.05, 0.1) is 10.6 Å². The lowest BCUT2D eigenvalue weighted by Crippen LogP contribution is -2.46. The molecule has 0 unspecified atom stereocenters. The molecular weight excluding hydrogens is 439 g/mol. The fourth-order valence-electron chi connectivity index (χ4n) is 4.06. The van der Waals surface area contributed by atoms with Crippen molar-refractivity contribution < 1.29 is 21.6 Å². The van der Waals surface area contributed by atoms with Crippen molar-refractivity contribution >= 4 is 9.84 Å². The van der Waals surface area contributed by atoms with E-state index in [1.807, 2.05) is 11.0 Å². The second kappa shape index (κ2) is 8.71. The molecule has 1 aliphatic heterocycles. The molecule has 0 saturated carbocycles. The van der Waals surface area contributed by atoms with Crippen molar-refractivity contribution in [1.82, 2.24) is 14.7 Å². The normalized spacial score (nSPS) is 16.9. The number of piperidine rings is 1. The van der Waals surface area contributed by atoms with Crippen LogP contribution >= 0.6 is 0 Å². The predicted octanol–water partition coefficient (Wildman–Crippen LogP) is 4.14. The average molecular weight is 464 g/mol. The van der Waals surface area contributed by atoms with Crippen molar-refractivity contribution in [3.8, 4) is 11.3 Å². The Kier molecular flexibility index (Phi) is 6.13. The van der Waals surface area contributed by atoms with E-state index in [9.17, 15) is 17.2 Å². The number of rotatable bonds is 6. The van der Waals surface area contributed by atoms with E-state index in [-0.39, 0.29) is 30.8 Å². The van der Waals surface area contributed by atoms with Gasteiger partial charge in [-0.15, -0.1) is 0 Å². The van der Waals surface area contributed by atoms with Gasteiger partial charge < -0.3 is 4.90 Å². The molecule has 32 heavy (non-hydrogen) atoms. The highest BCUT2D eigenvalue weighted by molar-refractivity contribution is 7.92. The lowest BCUT2D eigenvalue weighted by Gasteiger charge is -2.36. The predicted molar refractivity (Wildman–Crippen MR) is 115 cm³/mol. The van der Waals surface area contributed by atoms with Gasteiger partial charge in [-0.3, -0.25) is 4.68 Å². The molecule has 2 heterocycles. The first-order valence-electron chi connectivity index (χ1n) is 10.4. The molecule has 0 radical (unpaired) electrons. The van der Waals surface area contributed by atoms with E-state index in [2.05, 4.69) is 5.10 Å². The van der Waals surface area contributed by atoms with Crippen LogP contribution in [0.3, 0.4) is 0 Å². The quantitative estimate of drug-likeness (QED) is 0.551. The zero-order valence-electron chi connectivity index (χ0n) is 17.6. The smallest absolute Gasteiger partial charge is 0.217 e. The number of aryl methyl sites for hydroxylation is 1. The molecule has 170 valence electrons. The van der Waals surface area contributed by atoms with Crippen LogP contribution in [0.1, 0.15) is 18.4 Å². The van der Waals surface area contributed by atoms with Gasteiger partial charge in [0, 0.05) is 51.8 Å². The summed E-state index contributed by atoms with van der Waals surface area (Å²) in [4.78, 5) is 1.86. The Hall–Kier alpha value is -2.65. The second-order valence-electron chi connectivity index (χ2n) is 8.08. The summed E-state index contributed by atoms with van der Waals surface area (Å²) in [5.74, 6) is -1.25. The first-order valence-corrected chi connectivity index (χ1v) is 11.9. The summed E-state index contributed by atoms with van der Waals surface area (Å²) in [6.07, 6.45) is 1.66. The third-order valence-electron chi connectivity index (χ3n) is 6.08. The molecule has 5 nitrogen and oxygen atoms in total. The third-order valence-corrected chi connectivity index (χ3v) is 8.34. The standard InChI is InChI=1S/C23H24F3N3O2S/c1-28-22(8-12-27-28)18-3-6-20(7-4-18)32(30,31)23(26)10-14-29(15-11-23)13-9-17-2-5-19(24)16-21(17)25/h2-8,12,16H,9-11,13-15H2,1H3. The van der Waals surface area contributed by atoms with E-state index in [1.165, 1.54) is 24.3 Å². The highest BCUT2D eigenvalue weighted by atomic mass is 32.2. The van der Waals surface area contributed by atoms with Crippen molar-refractivity contribution in [3.05, 3.63) is 71.9 Å². The van der Waals surface area contributed by atoms with E-state index < -0.39 is 26.5 Å². The molecule has 1 fully saturated rings. The number of hydrogen-bond acceptors (Lipinski definition) is 4. The number of hydrogen-bond donors (Lipinski definition) is 0. The maximum atomic E-state index is 15.6. The summed E-state index contributed by atoms with van der Waals surface area (Å²) >= 11 is 0. The fraction of sp³-hybridized carbons (Fsp3) is 0.348. The minimum atomic E-state index is -4.18. The number of likely N-dealkylation sites (tertiary alicyclic amines) is 1. The highest BCUT2D eigenvalue weighted by Crippen LogP contribution is 2.37. The van der Waals surface area contributed by atoms with Crippen LogP contribution in [0.4, 0.5) is 13.2 Å². The maximum Gasteiger partial charge on any atom is 0.217 e. The molecule has 0 bridgehead atoms. The van der Waals surface area contributed by atoms with Crippen molar-refractivity contribution in [2.24, 2.45) is 7.05 Å². The van der Waals surface area contributed by atoms with Crippen LogP contribution in [0.15, 0.2) is 59.6 Å². The molecule has 0 atom stereocenters. The summed E-state index contributed by atoms with van der Waals surface area (Å²) in [5, 5.41) is 1.75. The monoisotopic (exact) mass is 463 g/mol. The minimum absolute atomic E-state index is 0.0484. The largest absolute Gasteiger partial charge is 0.303 e. The molecule has 0 aliphatic carbocycles. The van der Waals surface area contributed by atoms with Gasteiger partial charge in [0.1, 0.15) is 11.6 Å². The molecule has 4 rings (SSSR count). The summed E-state index contributed by atoms with van der Waals surface area (Å²) in [6, 6.07) is 11.4. The number of halogens is 3. The van der Waals surface area contributed by atoms with Gasteiger partial charge in [0.2, 0.25) is 14.8 Å². The topological polar surface area (TPSA) is 55.2 Å². The molecule has 1 aromatic heterocycles. The highest BCUT2D eigenvalue weighted by Gasteiger charge is 2.47. The van der Waals surface area contributed by atoms with E-state index in [1.54, 1.807) is 30.1 Å². The second-order valence-corrected chi connectivity index (χ2v) is 10.3. The molecule has 1 aliphatic rings. The molecule has 2 aromatic carbocycles. The van der Waals surface area contributed by atoms with E-state index >= 15 is 4.39 Å². The fourth-order valence-corrected chi connectivity index (χ4v) is 5.69. The van der Waals surface area contributed by atoms with Crippen LogP contribution < -0.4 is 0 Å². The van der Waals surface area contributed by atoms with Crippen molar-refractivity contribution in [1.29, 1.82) is 0 Å². The molecule has 9 heteroatoms. The Morgan fingerprint density at radius 2 is 1.72 bits per heavy atom. The first kappa shape index (κ1) is 22.5. The summed E-state index contributed by atoms with van der Waals surface area (Å²) < 4.78 is 70.2. The Bertz CT molecular complexity index is 1200. The number of alkyl halides is 1. The molecule has 3 aromatic rings. The molecule has 0 amide bonds. The molecule has 1 saturated heterocycles. The van der Waals surface area contributed by atoms with Crippen LogP contribution in [0, 0.1) is 11.6 Å². The molecular formula is C23H24F3N3O2S. The summed E-state index contributed by atoms with van der Waals surface area (Å²) in [7, 11) is -2.39. The van der Waals surface area contributed by atoms with Crippen LogP contribution in [0.5, 0.6) is 0 Å². The molecule has 0 N–H and O–H groups in total. The van der Waals surface area contributed by atoms with Gasteiger partial charge >= 0.3 is 0 Å². The van der Waals surface area contributed by atoms with Gasteiger partial charge in [0.25, 0.3) is 0 Å². The van der Waals surface area contributed by atoms with Gasteiger partial charge in [0.15, 0.2) is 0 Å². The van der Waals surface area contributed by atoms with Gasteiger partial charge in [-0.05, 0) is 41.8 Å². The van der Waals surface area contributed by atoms with E-state index in [0.717, 1.165) is 17.3 Å². The average Bonchev–Trinajstić information content (AvgIpc) is 3.20. The summed E-state index contributed by atoms with van der Waals surface area (Å²) in [6.45, 7) is 0.926. The SMILES string of the molecule is Cn1nccc1-c1ccc(S(=O)(=O)C2(F)CCN(CCc3ccc(F)cc3F)CC2)cc1. The van der Waals surface area contributed by atoms with Crippen molar-refractivity contribution in [2.75, 3.05) is 19.6 Å². The van der Waals surface area contributed by atoms with Crippen molar-refractivity contribution in [3.63, 3.8) is 0 Å². The third kappa shape index (κ3) is 4.31. The number of nitrogens with zero attached hydrogens (tertiary/aromatic N) is 3. The van der Waals surface area contributed by atoms with Crippen LogP contribution in [0.2, 0.25) is 0 Å².